The van der Waals surface area contributed by atoms with E-state index in [4.69, 9.17) is 0 Å². The minimum atomic E-state index is -0.458. The van der Waals surface area contributed by atoms with Crippen molar-refractivity contribution in [2.45, 2.75) is 56.6 Å². The zero-order valence-corrected chi connectivity index (χ0v) is 12.0. The lowest BCUT2D eigenvalue weighted by atomic mass is 9.84. The van der Waals surface area contributed by atoms with Crippen LogP contribution in [0, 0.1) is 5.82 Å². The molecule has 0 radical (unpaired) electrons. The summed E-state index contributed by atoms with van der Waals surface area (Å²) in [7, 11) is 0. The molecule has 1 aromatic rings. The smallest absolute Gasteiger partial charge is 0.126 e. The standard InChI is InChI=1S/C17H24FNO/c18-15-8-2-1-7-14(15)13-16(20)17(9-3-4-10-17)19-11-5-6-12-19/h1-2,7-8,16,20H,3-6,9-13H2. The summed E-state index contributed by atoms with van der Waals surface area (Å²) in [6.45, 7) is 2.18. The molecule has 1 aliphatic heterocycles. The molecule has 1 aromatic carbocycles. The quantitative estimate of drug-likeness (QED) is 0.914. The van der Waals surface area contributed by atoms with Gasteiger partial charge >= 0.3 is 0 Å². The van der Waals surface area contributed by atoms with Crippen LogP contribution in [-0.2, 0) is 6.42 Å². The summed E-state index contributed by atoms with van der Waals surface area (Å²) in [5.74, 6) is -0.193. The first-order valence-electron chi connectivity index (χ1n) is 7.89. The van der Waals surface area contributed by atoms with Crippen LogP contribution in [0.2, 0.25) is 0 Å². The first-order chi connectivity index (χ1) is 9.72. The summed E-state index contributed by atoms with van der Waals surface area (Å²) in [5.41, 5.74) is 0.546. The van der Waals surface area contributed by atoms with Gasteiger partial charge in [0.2, 0.25) is 0 Å². The highest BCUT2D eigenvalue weighted by Crippen LogP contribution is 2.41. The Labute approximate surface area is 120 Å². The van der Waals surface area contributed by atoms with Gasteiger partial charge in [0, 0.05) is 12.0 Å². The predicted octanol–water partition coefficient (Wildman–Crippen LogP) is 3.14. The molecule has 1 N–H and O–H groups in total. The number of nitrogens with zero attached hydrogens (tertiary/aromatic N) is 1. The minimum absolute atomic E-state index is 0.0984. The van der Waals surface area contributed by atoms with Crippen molar-refractivity contribution in [1.29, 1.82) is 0 Å². The van der Waals surface area contributed by atoms with Crippen molar-refractivity contribution in [1.82, 2.24) is 4.90 Å². The van der Waals surface area contributed by atoms with E-state index in [2.05, 4.69) is 4.90 Å². The third-order valence-corrected chi connectivity index (χ3v) is 5.20. The molecule has 1 atom stereocenters. The fraction of sp³-hybridized carbons (Fsp3) is 0.647. The molecule has 1 saturated heterocycles. The average Bonchev–Trinajstić information content (AvgIpc) is 3.12. The van der Waals surface area contributed by atoms with E-state index in [-0.39, 0.29) is 11.4 Å². The van der Waals surface area contributed by atoms with Gasteiger partial charge in [0.25, 0.3) is 0 Å². The van der Waals surface area contributed by atoms with Crippen LogP contribution in [0.5, 0.6) is 0 Å². The number of rotatable bonds is 4. The van der Waals surface area contributed by atoms with Crippen LogP contribution in [0.15, 0.2) is 24.3 Å². The third kappa shape index (κ3) is 2.49. The first-order valence-corrected chi connectivity index (χ1v) is 7.89. The molecule has 3 heteroatoms. The molecule has 2 aliphatic rings. The van der Waals surface area contributed by atoms with Crippen LogP contribution in [0.25, 0.3) is 0 Å². The molecule has 3 rings (SSSR count). The molecule has 0 aromatic heterocycles. The maximum Gasteiger partial charge on any atom is 0.126 e. The van der Waals surface area contributed by atoms with Crippen LogP contribution in [0.3, 0.4) is 0 Å². The van der Waals surface area contributed by atoms with Crippen LogP contribution in [-0.4, -0.2) is 34.7 Å². The van der Waals surface area contributed by atoms with Crippen molar-refractivity contribution >= 4 is 0 Å². The fourth-order valence-corrected chi connectivity index (χ4v) is 4.07. The highest BCUT2D eigenvalue weighted by Gasteiger charge is 2.46. The first kappa shape index (κ1) is 14.0. The normalized spacial score (nSPS) is 24.1. The van der Waals surface area contributed by atoms with Crippen molar-refractivity contribution in [2.75, 3.05) is 13.1 Å². The monoisotopic (exact) mass is 277 g/mol. The molecular weight excluding hydrogens is 253 g/mol. The van der Waals surface area contributed by atoms with Gasteiger partial charge in [-0.3, -0.25) is 4.90 Å². The third-order valence-electron chi connectivity index (χ3n) is 5.20. The van der Waals surface area contributed by atoms with Gasteiger partial charge in [-0.2, -0.15) is 0 Å². The van der Waals surface area contributed by atoms with Gasteiger partial charge in [-0.05, 0) is 50.4 Å². The number of aliphatic hydroxyl groups excluding tert-OH is 1. The molecule has 1 aliphatic carbocycles. The van der Waals surface area contributed by atoms with Crippen molar-refractivity contribution < 1.29 is 9.50 Å². The fourth-order valence-electron chi connectivity index (χ4n) is 4.07. The van der Waals surface area contributed by atoms with E-state index in [9.17, 15) is 9.50 Å². The Morgan fingerprint density at radius 2 is 1.75 bits per heavy atom. The van der Waals surface area contributed by atoms with Crippen LogP contribution in [0.4, 0.5) is 4.39 Å². The maximum absolute atomic E-state index is 13.8. The highest BCUT2D eigenvalue weighted by molar-refractivity contribution is 5.20. The molecule has 110 valence electrons. The molecule has 0 amide bonds. The van der Waals surface area contributed by atoms with E-state index in [0.29, 0.717) is 12.0 Å². The topological polar surface area (TPSA) is 23.5 Å². The molecule has 2 nitrogen and oxygen atoms in total. The molecule has 0 spiro atoms. The molecule has 2 fully saturated rings. The van der Waals surface area contributed by atoms with Crippen LogP contribution in [0.1, 0.15) is 44.1 Å². The molecule has 0 bridgehead atoms. The summed E-state index contributed by atoms with van der Waals surface area (Å²) >= 11 is 0. The summed E-state index contributed by atoms with van der Waals surface area (Å²) in [6.07, 6.45) is 6.92. The van der Waals surface area contributed by atoms with E-state index >= 15 is 0 Å². The summed E-state index contributed by atoms with van der Waals surface area (Å²) < 4.78 is 13.8. The van der Waals surface area contributed by atoms with E-state index in [1.54, 1.807) is 12.1 Å². The average molecular weight is 277 g/mol. The van der Waals surface area contributed by atoms with Gasteiger partial charge < -0.3 is 5.11 Å². The molecule has 1 unspecified atom stereocenters. The van der Waals surface area contributed by atoms with Crippen molar-refractivity contribution in [3.8, 4) is 0 Å². The summed E-state index contributed by atoms with van der Waals surface area (Å²) in [6, 6.07) is 6.84. The Bertz CT molecular complexity index is 450. The predicted molar refractivity (Wildman–Crippen MR) is 78.1 cm³/mol. The number of halogens is 1. The highest BCUT2D eigenvalue weighted by atomic mass is 19.1. The number of hydrogen-bond acceptors (Lipinski definition) is 2. The Morgan fingerprint density at radius 1 is 1.10 bits per heavy atom. The van der Waals surface area contributed by atoms with Gasteiger partial charge in [-0.1, -0.05) is 31.0 Å². The minimum Gasteiger partial charge on any atom is -0.391 e. The number of benzene rings is 1. The van der Waals surface area contributed by atoms with Gasteiger partial charge in [0.15, 0.2) is 0 Å². The lowest BCUT2D eigenvalue weighted by molar-refractivity contribution is -0.0175. The van der Waals surface area contributed by atoms with Gasteiger partial charge in [-0.25, -0.2) is 4.39 Å². The van der Waals surface area contributed by atoms with Gasteiger partial charge in [-0.15, -0.1) is 0 Å². The van der Waals surface area contributed by atoms with Crippen molar-refractivity contribution in [3.05, 3.63) is 35.6 Å². The van der Waals surface area contributed by atoms with Crippen molar-refractivity contribution in [2.24, 2.45) is 0 Å². The van der Waals surface area contributed by atoms with E-state index in [1.807, 2.05) is 6.07 Å². The van der Waals surface area contributed by atoms with E-state index < -0.39 is 6.10 Å². The zero-order chi connectivity index (χ0) is 14.0. The largest absolute Gasteiger partial charge is 0.391 e. The number of likely N-dealkylation sites (tertiary alicyclic amines) is 1. The van der Waals surface area contributed by atoms with Gasteiger partial charge in [0.1, 0.15) is 5.82 Å². The Morgan fingerprint density at radius 3 is 2.40 bits per heavy atom. The van der Waals surface area contributed by atoms with Gasteiger partial charge in [0.05, 0.1) is 6.10 Å². The number of hydrogen-bond donors (Lipinski definition) is 1. The second kappa shape index (κ2) is 5.82. The molecule has 1 heterocycles. The zero-order valence-electron chi connectivity index (χ0n) is 12.0. The SMILES string of the molecule is OC(Cc1ccccc1F)C1(N2CCCC2)CCCC1. The second-order valence-electron chi connectivity index (χ2n) is 6.32. The van der Waals surface area contributed by atoms with E-state index in [1.165, 1.54) is 31.7 Å². The van der Waals surface area contributed by atoms with Crippen LogP contribution < -0.4 is 0 Å². The maximum atomic E-state index is 13.8. The lowest BCUT2D eigenvalue weighted by Gasteiger charge is -2.42. The van der Waals surface area contributed by atoms with Crippen LogP contribution >= 0.6 is 0 Å². The lowest BCUT2D eigenvalue weighted by Crippen LogP contribution is -2.54. The molecular formula is C17H24FNO. The summed E-state index contributed by atoms with van der Waals surface area (Å²) in [5, 5.41) is 10.8. The Hall–Kier alpha value is -0.930. The summed E-state index contributed by atoms with van der Waals surface area (Å²) in [4.78, 5) is 2.48. The van der Waals surface area contributed by atoms with Crippen molar-refractivity contribution in [3.63, 3.8) is 0 Å². The number of aliphatic hydroxyl groups is 1. The van der Waals surface area contributed by atoms with E-state index in [0.717, 1.165) is 25.9 Å². The molecule has 20 heavy (non-hydrogen) atoms. The Balaban J connectivity index is 1.79. The molecule has 1 saturated carbocycles. The Kier molecular flexibility index (Phi) is 4.08. The second-order valence-corrected chi connectivity index (χ2v) is 6.32.